The van der Waals surface area contributed by atoms with Crippen LogP contribution in [0.25, 0.3) is 0 Å². The number of hydrogen-bond donors (Lipinski definition) is 2. The third kappa shape index (κ3) is 7.83. The van der Waals surface area contributed by atoms with Gasteiger partial charge in [-0.15, -0.1) is 35.3 Å². The van der Waals surface area contributed by atoms with E-state index >= 15 is 0 Å². The van der Waals surface area contributed by atoms with Crippen LogP contribution < -0.4 is 10.6 Å². The van der Waals surface area contributed by atoms with E-state index in [-0.39, 0.29) is 24.0 Å². The number of hydrogen-bond acceptors (Lipinski definition) is 5. The number of morpholine rings is 1. The highest BCUT2D eigenvalue weighted by Crippen LogP contribution is 2.19. The van der Waals surface area contributed by atoms with Gasteiger partial charge in [0.05, 0.1) is 31.0 Å². The van der Waals surface area contributed by atoms with E-state index in [0.29, 0.717) is 18.5 Å². The van der Waals surface area contributed by atoms with E-state index < -0.39 is 0 Å². The molecule has 0 spiro atoms. The molecule has 1 fully saturated rings. The first-order valence-electron chi connectivity index (χ1n) is 9.92. The fourth-order valence-corrected chi connectivity index (χ4v) is 4.21. The first-order chi connectivity index (χ1) is 12.7. The fourth-order valence-electron chi connectivity index (χ4n) is 3.51. The first kappa shape index (κ1) is 24.6. The molecular formula is C19H36IN5OS. The number of aliphatic imine (C=N–C) groups is 1. The van der Waals surface area contributed by atoms with E-state index in [0.717, 1.165) is 51.0 Å². The second-order valence-corrected chi connectivity index (χ2v) is 7.67. The van der Waals surface area contributed by atoms with Crippen LogP contribution in [0.5, 0.6) is 0 Å². The van der Waals surface area contributed by atoms with Gasteiger partial charge >= 0.3 is 0 Å². The summed E-state index contributed by atoms with van der Waals surface area (Å²) >= 11 is 1.67. The minimum absolute atomic E-state index is 0. The van der Waals surface area contributed by atoms with E-state index in [9.17, 15) is 0 Å². The molecule has 1 unspecified atom stereocenters. The quantitative estimate of drug-likeness (QED) is 0.304. The summed E-state index contributed by atoms with van der Waals surface area (Å²) in [5.41, 5.74) is 2.97. The lowest BCUT2D eigenvalue weighted by atomic mass is 9.92. The second kappa shape index (κ2) is 13.7. The Kier molecular flexibility index (Phi) is 12.5. The van der Waals surface area contributed by atoms with Crippen LogP contribution in [0.4, 0.5) is 0 Å². The number of nitrogens with zero attached hydrogens (tertiary/aromatic N) is 3. The number of aryl methyl sites for hydroxylation is 1. The molecule has 0 bridgehead atoms. The standard InChI is InChI=1S/C19H35N5OS.HI/c1-5-16(6-2)17(24-8-10-25-11-9-24)12-21-19(20-7-3)22-13-18-15(4)23-14-26-18;/h14,16-17H,5-13H2,1-4H3,(H2,20,21,22);1H. The van der Waals surface area contributed by atoms with Crippen molar-refractivity contribution >= 4 is 41.3 Å². The van der Waals surface area contributed by atoms with Crippen LogP contribution >= 0.6 is 35.3 Å². The summed E-state index contributed by atoms with van der Waals surface area (Å²) in [6.45, 7) is 14.9. The van der Waals surface area contributed by atoms with Gasteiger partial charge in [0.25, 0.3) is 0 Å². The third-order valence-corrected chi connectivity index (χ3v) is 6.08. The van der Waals surface area contributed by atoms with Crippen molar-refractivity contribution in [2.24, 2.45) is 10.9 Å². The van der Waals surface area contributed by atoms with Crippen LogP contribution in [0.3, 0.4) is 0 Å². The average Bonchev–Trinajstić information content (AvgIpc) is 3.08. The van der Waals surface area contributed by atoms with Crippen LogP contribution in [0.2, 0.25) is 0 Å². The summed E-state index contributed by atoms with van der Waals surface area (Å²) in [4.78, 5) is 12.9. The van der Waals surface area contributed by atoms with Crippen LogP contribution in [0.1, 0.15) is 44.2 Å². The zero-order chi connectivity index (χ0) is 18.8. The summed E-state index contributed by atoms with van der Waals surface area (Å²) in [6, 6.07) is 0.517. The third-order valence-electron chi connectivity index (χ3n) is 5.16. The summed E-state index contributed by atoms with van der Waals surface area (Å²) in [6.07, 6.45) is 2.40. The lowest BCUT2D eigenvalue weighted by Gasteiger charge is -2.39. The Balaban J connectivity index is 0.00000364. The predicted molar refractivity (Wildman–Crippen MR) is 125 cm³/mol. The Bertz CT molecular complexity index is 544. The maximum atomic E-state index is 5.55. The zero-order valence-electron chi connectivity index (χ0n) is 17.2. The SMILES string of the molecule is CCNC(=NCc1scnc1C)NCC(C(CC)CC)N1CCOCC1.I. The molecule has 0 saturated carbocycles. The van der Waals surface area contributed by atoms with Crippen molar-refractivity contribution in [3.05, 3.63) is 16.1 Å². The van der Waals surface area contributed by atoms with Gasteiger partial charge in [-0.3, -0.25) is 4.90 Å². The largest absolute Gasteiger partial charge is 0.379 e. The number of guanidine groups is 1. The van der Waals surface area contributed by atoms with Gasteiger partial charge in [0.2, 0.25) is 0 Å². The molecule has 8 heteroatoms. The molecule has 0 radical (unpaired) electrons. The van der Waals surface area contributed by atoms with Gasteiger partial charge in [-0.05, 0) is 19.8 Å². The number of halogens is 1. The van der Waals surface area contributed by atoms with Crippen LogP contribution in [0.15, 0.2) is 10.5 Å². The second-order valence-electron chi connectivity index (χ2n) is 6.73. The van der Waals surface area contributed by atoms with Gasteiger partial charge in [-0.2, -0.15) is 0 Å². The van der Waals surface area contributed by atoms with Gasteiger partial charge in [-0.25, -0.2) is 9.98 Å². The molecule has 2 N–H and O–H groups in total. The van der Waals surface area contributed by atoms with Crippen molar-refractivity contribution in [3.8, 4) is 0 Å². The predicted octanol–water partition coefficient (Wildman–Crippen LogP) is 3.26. The molecule has 156 valence electrons. The Labute approximate surface area is 185 Å². The molecule has 1 aromatic heterocycles. The van der Waals surface area contributed by atoms with Crippen molar-refractivity contribution in [1.29, 1.82) is 0 Å². The number of ether oxygens (including phenoxy) is 1. The molecule has 2 rings (SSSR count). The molecule has 1 saturated heterocycles. The molecule has 27 heavy (non-hydrogen) atoms. The average molecular weight is 510 g/mol. The molecule has 1 aromatic rings. The maximum absolute atomic E-state index is 5.55. The summed E-state index contributed by atoms with van der Waals surface area (Å²) in [5.74, 6) is 1.58. The van der Waals surface area contributed by atoms with E-state index in [1.165, 1.54) is 17.7 Å². The van der Waals surface area contributed by atoms with Gasteiger partial charge < -0.3 is 15.4 Å². The molecule has 1 aliphatic heterocycles. The van der Waals surface area contributed by atoms with Crippen LogP contribution in [-0.2, 0) is 11.3 Å². The molecule has 0 amide bonds. The zero-order valence-corrected chi connectivity index (χ0v) is 20.3. The Morgan fingerprint density at radius 3 is 2.52 bits per heavy atom. The van der Waals surface area contributed by atoms with Crippen molar-refractivity contribution in [2.45, 2.75) is 53.1 Å². The molecule has 1 atom stereocenters. The number of aromatic nitrogens is 1. The van der Waals surface area contributed by atoms with Crippen LogP contribution in [0, 0.1) is 12.8 Å². The van der Waals surface area contributed by atoms with Crippen molar-refractivity contribution in [2.75, 3.05) is 39.4 Å². The molecule has 0 aliphatic carbocycles. The Morgan fingerprint density at radius 1 is 1.26 bits per heavy atom. The summed E-state index contributed by atoms with van der Waals surface area (Å²) in [7, 11) is 0. The maximum Gasteiger partial charge on any atom is 0.191 e. The monoisotopic (exact) mass is 509 g/mol. The first-order valence-corrected chi connectivity index (χ1v) is 10.8. The fraction of sp³-hybridized carbons (Fsp3) is 0.789. The Hall–Kier alpha value is -0.450. The van der Waals surface area contributed by atoms with Crippen molar-refractivity contribution in [3.63, 3.8) is 0 Å². The number of thiazole rings is 1. The lowest BCUT2D eigenvalue weighted by molar-refractivity contribution is 0.00272. The molecule has 6 nitrogen and oxygen atoms in total. The van der Waals surface area contributed by atoms with E-state index in [2.05, 4.69) is 41.3 Å². The highest BCUT2D eigenvalue weighted by Gasteiger charge is 2.27. The summed E-state index contributed by atoms with van der Waals surface area (Å²) < 4.78 is 5.55. The highest BCUT2D eigenvalue weighted by molar-refractivity contribution is 14.0. The molecule has 2 heterocycles. The van der Waals surface area contributed by atoms with Gasteiger partial charge in [0, 0.05) is 37.1 Å². The normalized spacial score (nSPS) is 16.9. The van der Waals surface area contributed by atoms with E-state index in [1.807, 2.05) is 12.4 Å². The molecule has 0 aromatic carbocycles. The highest BCUT2D eigenvalue weighted by atomic mass is 127. The van der Waals surface area contributed by atoms with Crippen molar-refractivity contribution in [1.82, 2.24) is 20.5 Å². The van der Waals surface area contributed by atoms with Crippen molar-refractivity contribution < 1.29 is 4.74 Å². The topological polar surface area (TPSA) is 61.8 Å². The number of rotatable bonds is 9. The van der Waals surface area contributed by atoms with Gasteiger partial charge in [0.15, 0.2) is 5.96 Å². The number of nitrogens with one attached hydrogen (secondary N) is 2. The molecular weight excluding hydrogens is 473 g/mol. The smallest absolute Gasteiger partial charge is 0.191 e. The minimum Gasteiger partial charge on any atom is -0.379 e. The van der Waals surface area contributed by atoms with Crippen LogP contribution in [-0.4, -0.2) is 61.3 Å². The molecule has 1 aliphatic rings. The van der Waals surface area contributed by atoms with Gasteiger partial charge in [-0.1, -0.05) is 26.7 Å². The minimum atomic E-state index is 0. The van der Waals surface area contributed by atoms with E-state index in [1.54, 1.807) is 11.3 Å². The lowest BCUT2D eigenvalue weighted by Crippen LogP contribution is -2.53. The Morgan fingerprint density at radius 2 is 1.96 bits per heavy atom. The van der Waals surface area contributed by atoms with Gasteiger partial charge in [0.1, 0.15) is 0 Å². The van der Waals surface area contributed by atoms with E-state index in [4.69, 9.17) is 9.73 Å². The summed E-state index contributed by atoms with van der Waals surface area (Å²) in [5, 5.41) is 6.97.